The highest BCUT2D eigenvalue weighted by Gasteiger charge is 2.16. The van der Waals surface area contributed by atoms with Crippen molar-refractivity contribution in [3.8, 4) is 0 Å². The molecule has 1 aliphatic rings. The third kappa shape index (κ3) is 1.96. The molecule has 0 amide bonds. The van der Waals surface area contributed by atoms with E-state index in [1.54, 1.807) is 12.3 Å². The highest BCUT2D eigenvalue weighted by molar-refractivity contribution is 9.11. The maximum absolute atomic E-state index is 6.02. The fraction of sp³-hybridized carbons (Fsp3) is 0.300. The fourth-order valence-electron chi connectivity index (χ4n) is 1.46. The molecule has 14 heavy (non-hydrogen) atoms. The zero-order valence-corrected chi connectivity index (χ0v) is 9.20. The molecule has 1 atom stereocenters. The molecule has 2 N–H and O–H groups in total. The van der Waals surface area contributed by atoms with Crippen molar-refractivity contribution < 1.29 is 4.52 Å². The average molecular weight is 255 g/mol. The van der Waals surface area contributed by atoms with Crippen molar-refractivity contribution >= 4 is 15.9 Å². The molecule has 0 aliphatic heterocycles. The lowest BCUT2D eigenvalue weighted by atomic mass is 9.96. The standard InChI is InChI=1S/C10H11BrN2O/c11-8-3-1-7(2-4-8)10(12)9-5-6-14-13-9/h1,3,5-6,10H,2,4,12H2. The van der Waals surface area contributed by atoms with E-state index >= 15 is 0 Å². The Kier molecular flexibility index (Phi) is 2.84. The fourth-order valence-corrected chi connectivity index (χ4v) is 1.79. The second-order valence-electron chi connectivity index (χ2n) is 3.26. The van der Waals surface area contributed by atoms with Gasteiger partial charge in [-0.3, -0.25) is 0 Å². The number of allylic oxidation sites excluding steroid dienone is 3. The molecule has 1 aromatic heterocycles. The summed E-state index contributed by atoms with van der Waals surface area (Å²) in [6.07, 6.45) is 7.62. The summed E-state index contributed by atoms with van der Waals surface area (Å²) < 4.78 is 5.98. The van der Waals surface area contributed by atoms with Gasteiger partial charge >= 0.3 is 0 Å². The second-order valence-corrected chi connectivity index (χ2v) is 4.28. The van der Waals surface area contributed by atoms with Crippen LogP contribution in [0.5, 0.6) is 0 Å². The average Bonchev–Trinajstić information content (AvgIpc) is 2.71. The lowest BCUT2D eigenvalue weighted by molar-refractivity contribution is 0.408. The largest absolute Gasteiger partial charge is 0.364 e. The van der Waals surface area contributed by atoms with Crippen molar-refractivity contribution in [1.29, 1.82) is 0 Å². The van der Waals surface area contributed by atoms with E-state index in [9.17, 15) is 0 Å². The topological polar surface area (TPSA) is 52.0 Å². The maximum Gasteiger partial charge on any atom is 0.124 e. The Labute approximate surface area is 90.8 Å². The smallest absolute Gasteiger partial charge is 0.124 e. The molecule has 0 saturated carbocycles. The van der Waals surface area contributed by atoms with Crippen LogP contribution in [0.25, 0.3) is 0 Å². The molecule has 3 nitrogen and oxygen atoms in total. The number of aromatic nitrogens is 1. The van der Waals surface area contributed by atoms with Gasteiger partial charge < -0.3 is 10.3 Å². The summed E-state index contributed by atoms with van der Waals surface area (Å²) in [5.41, 5.74) is 8.01. The molecular weight excluding hydrogens is 244 g/mol. The van der Waals surface area contributed by atoms with Crippen LogP contribution in [0.4, 0.5) is 0 Å². The van der Waals surface area contributed by atoms with Gasteiger partial charge in [0.05, 0.1) is 6.04 Å². The zero-order valence-electron chi connectivity index (χ0n) is 7.61. The normalized spacial score (nSPS) is 18.7. The minimum absolute atomic E-state index is 0.134. The van der Waals surface area contributed by atoms with Crippen molar-refractivity contribution in [2.24, 2.45) is 5.73 Å². The summed E-state index contributed by atoms with van der Waals surface area (Å²) in [4.78, 5) is 0. The molecule has 1 aliphatic carbocycles. The zero-order chi connectivity index (χ0) is 9.97. The molecule has 2 rings (SSSR count). The van der Waals surface area contributed by atoms with Gasteiger partial charge in [-0.05, 0) is 22.9 Å². The Bertz CT molecular complexity index is 367. The number of hydrogen-bond acceptors (Lipinski definition) is 3. The van der Waals surface area contributed by atoms with Crippen LogP contribution in [0, 0.1) is 0 Å². The van der Waals surface area contributed by atoms with Gasteiger partial charge in [-0.2, -0.15) is 0 Å². The van der Waals surface area contributed by atoms with Gasteiger partial charge in [0.2, 0.25) is 0 Å². The highest BCUT2D eigenvalue weighted by Crippen LogP contribution is 2.29. The summed E-state index contributed by atoms with van der Waals surface area (Å²) in [5, 5.41) is 3.84. The summed E-state index contributed by atoms with van der Waals surface area (Å²) in [6.45, 7) is 0. The van der Waals surface area contributed by atoms with Crippen LogP contribution in [0.2, 0.25) is 0 Å². The van der Waals surface area contributed by atoms with Crippen molar-refractivity contribution in [2.75, 3.05) is 0 Å². The minimum Gasteiger partial charge on any atom is -0.364 e. The van der Waals surface area contributed by atoms with Gasteiger partial charge in [0.25, 0.3) is 0 Å². The SMILES string of the molecule is NC(C1=CC=C(Br)CC1)c1ccon1. The first kappa shape index (κ1) is 9.68. The predicted octanol–water partition coefficient (Wildman–Crippen LogP) is 2.67. The molecule has 74 valence electrons. The molecule has 0 radical (unpaired) electrons. The third-order valence-corrected chi connectivity index (χ3v) is 2.97. The van der Waals surface area contributed by atoms with E-state index < -0.39 is 0 Å². The monoisotopic (exact) mass is 254 g/mol. The predicted molar refractivity (Wildman–Crippen MR) is 57.8 cm³/mol. The lowest BCUT2D eigenvalue weighted by Crippen LogP contribution is -2.14. The summed E-state index contributed by atoms with van der Waals surface area (Å²) in [7, 11) is 0. The van der Waals surface area contributed by atoms with Gasteiger partial charge in [-0.1, -0.05) is 33.2 Å². The maximum atomic E-state index is 6.02. The van der Waals surface area contributed by atoms with Gasteiger partial charge in [0, 0.05) is 6.07 Å². The van der Waals surface area contributed by atoms with Crippen LogP contribution < -0.4 is 5.73 Å². The Morgan fingerprint density at radius 2 is 2.29 bits per heavy atom. The molecule has 0 spiro atoms. The Hall–Kier alpha value is -0.870. The molecule has 1 aromatic rings. The first-order valence-corrected chi connectivity index (χ1v) is 5.27. The van der Waals surface area contributed by atoms with E-state index in [0.29, 0.717) is 0 Å². The number of nitrogens with two attached hydrogens (primary N) is 1. The van der Waals surface area contributed by atoms with Crippen molar-refractivity contribution in [1.82, 2.24) is 5.16 Å². The van der Waals surface area contributed by atoms with Crippen LogP contribution in [0.3, 0.4) is 0 Å². The van der Waals surface area contributed by atoms with Gasteiger partial charge in [0.15, 0.2) is 0 Å². The first-order chi connectivity index (χ1) is 6.77. The van der Waals surface area contributed by atoms with Gasteiger partial charge in [-0.25, -0.2) is 0 Å². The summed E-state index contributed by atoms with van der Waals surface area (Å²) in [5.74, 6) is 0. The molecule has 4 heteroatoms. The van der Waals surface area contributed by atoms with Gasteiger partial charge in [0.1, 0.15) is 12.0 Å². The molecule has 0 saturated heterocycles. The van der Waals surface area contributed by atoms with E-state index in [-0.39, 0.29) is 6.04 Å². The van der Waals surface area contributed by atoms with Crippen LogP contribution in [0.15, 0.2) is 39.1 Å². The van der Waals surface area contributed by atoms with E-state index in [1.165, 1.54) is 10.1 Å². The van der Waals surface area contributed by atoms with Crippen molar-refractivity contribution in [2.45, 2.75) is 18.9 Å². The van der Waals surface area contributed by atoms with Crippen LogP contribution in [-0.2, 0) is 0 Å². The molecule has 0 bridgehead atoms. The number of halogens is 1. The van der Waals surface area contributed by atoms with Crippen molar-refractivity contribution in [3.63, 3.8) is 0 Å². The van der Waals surface area contributed by atoms with Crippen molar-refractivity contribution in [3.05, 3.63) is 40.2 Å². The molecule has 1 heterocycles. The minimum atomic E-state index is -0.134. The van der Waals surface area contributed by atoms with Crippen LogP contribution in [0.1, 0.15) is 24.6 Å². The Morgan fingerprint density at radius 3 is 2.86 bits per heavy atom. The van der Waals surface area contributed by atoms with Crippen LogP contribution in [-0.4, -0.2) is 5.16 Å². The lowest BCUT2D eigenvalue weighted by Gasteiger charge is -2.16. The molecule has 1 unspecified atom stereocenters. The molecular formula is C10H11BrN2O. The second kappa shape index (κ2) is 4.11. The van der Waals surface area contributed by atoms with E-state index in [4.69, 9.17) is 10.3 Å². The van der Waals surface area contributed by atoms with E-state index in [0.717, 1.165) is 18.5 Å². The number of hydrogen-bond donors (Lipinski definition) is 1. The molecule has 0 fully saturated rings. The van der Waals surface area contributed by atoms with E-state index in [2.05, 4.69) is 21.1 Å². The first-order valence-electron chi connectivity index (χ1n) is 4.48. The number of nitrogens with zero attached hydrogens (tertiary/aromatic N) is 1. The highest BCUT2D eigenvalue weighted by atomic mass is 79.9. The van der Waals surface area contributed by atoms with E-state index in [1.807, 2.05) is 12.2 Å². The molecule has 0 aromatic carbocycles. The quantitative estimate of drug-likeness (QED) is 0.883. The third-order valence-electron chi connectivity index (χ3n) is 2.31. The Balaban J connectivity index is 2.17. The summed E-state index contributed by atoms with van der Waals surface area (Å²) >= 11 is 3.46. The summed E-state index contributed by atoms with van der Waals surface area (Å²) in [6, 6.07) is 1.67. The number of rotatable bonds is 2. The van der Waals surface area contributed by atoms with Crippen LogP contribution >= 0.6 is 15.9 Å². The Morgan fingerprint density at radius 1 is 1.43 bits per heavy atom. The van der Waals surface area contributed by atoms with Gasteiger partial charge in [-0.15, -0.1) is 0 Å².